The van der Waals surface area contributed by atoms with Gasteiger partial charge in [-0.2, -0.15) is 9.97 Å². The van der Waals surface area contributed by atoms with Crippen molar-refractivity contribution in [3.05, 3.63) is 53.8 Å². The lowest BCUT2D eigenvalue weighted by Gasteiger charge is -2.35. The molecule has 1 amide bonds. The van der Waals surface area contributed by atoms with E-state index < -0.39 is 11.7 Å². The first-order chi connectivity index (χ1) is 17.8. The third-order valence-electron chi connectivity index (χ3n) is 6.27. The average Bonchev–Trinajstić information content (AvgIpc) is 2.90. The maximum absolute atomic E-state index is 13.3. The highest BCUT2D eigenvalue weighted by Crippen LogP contribution is 2.42. The molecule has 4 aromatic rings. The molecule has 0 saturated carbocycles. The fourth-order valence-electron chi connectivity index (χ4n) is 4.54. The van der Waals surface area contributed by atoms with Gasteiger partial charge in [-0.05, 0) is 29.7 Å². The van der Waals surface area contributed by atoms with Crippen molar-refractivity contribution >= 4 is 45.1 Å². The van der Waals surface area contributed by atoms with Crippen LogP contribution in [0.1, 0.15) is 0 Å². The number of aromatic hydroxyl groups is 1. The minimum Gasteiger partial charge on any atom is -0.508 e. The van der Waals surface area contributed by atoms with E-state index in [4.69, 9.17) is 26.1 Å². The van der Waals surface area contributed by atoms with Crippen molar-refractivity contribution < 1.29 is 23.8 Å². The molecule has 1 aliphatic heterocycles. The Morgan fingerprint density at radius 2 is 1.81 bits per heavy atom. The van der Waals surface area contributed by atoms with Gasteiger partial charge in [0.1, 0.15) is 11.3 Å². The zero-order valence-electron chi connectivity index (χ0n) is 20.2. The van der Waals surface area contributed by atoms with Crippen molar-refractivity contribution in [1.82, 2.24) is 19.9 Å². The molecule has 0 atom stereocenters. The predicted molar refractivity (Wildman–Crippen MR) is 139 cm³/mol. The van der Waals surface area contributed by atoms with Gasteiger partial charge in [-0.25, -0.2) is 9.37 Å². The van der Waals surface area contributed by atoms with Crippen LogP contribution in [-0.2, 0) is 4.79 Å². The van der Waals surface area contributed by atoms with Crippen LogP contribution in [0.25, 0.3) is 32.9 Å². The number of phenolic OH excluding ortho intramolecular Hbond substituents is 1. The van der Waals surface area contributed by atoms with E-state index in [2.05, 4.69) is 16.5 Å². The third-order valence-corrected chi connectivity index (χ3v) is 6.59. The summed E-state index contributed by atoms with van der Waals surface area (Å²) in [4.78, 5) is 29.1. The summed E-state index contributed by atoms with van der Waals surface area (Å²) in [6, 6.07) is 10.6. The van der Waals surface area contributed by atoms with Crippen molar-refractivity contribution in [2.45, 2.75) is 0 Å². The molecule has 2 aromatic carbocycles. The minimum absolute atomic E-state index is 0.0660. The number of benzene rings is 2. The van der Waals surface area contributed by atoms with Gasteiger partial charge in [0.25, 0.3) is 5.91 Å². The molecule has 1 fully saturated rings. The van der Waals surface area contributed by atoms with E-state index in [1.165, 1.54) is 19.1 Å². The van der Waals surface area contributed by atoms with Crippen molar-refractivity contribution in [3.63, 3.8) is 0 Å². The molecule has 0 radical (unpaired) electrons. The Hall–Kier alpha value is -4.18. The second kappa shape index (κ2) is 9.70. The van der Waals surface area contributed by atoms with Crippen LogP contribution in [0.2, 0.25) is 5.02 Å². The monoisotopic (exact) mass is 523 g/mol. The Balaban J connectivity index is 1.65. The first-order valence-corrected chi connectivity index (χ1v) is 11.8. The lowest BCUT2D eigenvalue weighted by atomic mass is 9.98. The quantitative estimate of drug-likeness (QED) is 0.385. The van der Waals surface area contributed by atoms with Crippen molar-refractivity contribution in [2.24, 2.45) is 0 Å². The van der Waals surface area contributed by atoms with Gasteiger partial charge in [-0.1, -0.05) is 30.3 Å². The maximum Gasteiger partial charge on any atom is 0.318 e. The van der Waals surface area contributed by atoms with Crippen LogP contribution >= 0.6 is 11.6 Å². The van der Waals surface area contributed by atoms with Gasteiger partial charge in [-0.15, -0.1) is 0 Å². The van der Waals surface area contributed by atoms with E-state index in [0.29, 0.717) is 59.2 Å². The number of piperazine rings is 1. The molecule has 11 heteroatoms. The van der Waals surface area contributed by atoms with Gasteiger partial charge >= 0.3 is 6.01 Å². The van der Waals surface area contributed by atoms with E-state index in [0.717, 1.165) is 10.8 Å². The van der Waals surface area contributed by atoms with Crippen LogP contribution in [0, 0.1) is 0 Å². The van der Waals surface area contributed by atoms with Crippen molar-refractivity contribution in [3.8, 4) is 28.8 Å². The number of anilines is 1. The van der Waals surface area contributed by atoms with Gasteiger partial charge in [0.2, 0.25) is 5.88 Å². The molecule has 0 spiro atoms. The Morgan fingerprint density at radius 1 is 1.05 bits per heavy atom. The Labute approximate surface area is 216 Å². The van der Waals surface area contributed by atoms with Crippen molar-refractivity contribution in [1.29, 1.82) is 0 Å². The summed E-state index contributed by atoms with van der Waals surface area (Å²) in [7, 11) is 2.97. The number of pyridine rings is 1. The van der Waals surface area contributed by atoms with Crippen LogP contribution in [0.4, 0.5) is 10.2 Å². The number of halogens is 2. The van der Waals surface area contributed by atoms with Gasteiger partial charge in [0.15, 0.2) is 11.6 Å². The van der Waals surface area contributed by atoms with Crippen LogP contribution in [-0.4, -0.2) is 71.3 Å². The second-order valence-electron chi connectivity index (χ2n) is 8.46. The molecule has 0 bridgehead atoms. The summed E-state index contributed by atoms with van der Waals surface area (Å²) < 4.78 is 24.4. The smallest absolute Gasteiger partial charge is 0.318 e. The van der Waals surface area contributed by atoms with E-state index in [9.17, 15) is 14.3 Å². The highest BCUT2D eigenvalue weighted by Gasteiger charge is 2.27. The normalized spacial score (nSPS) is 13.7. The van der Waals surface area contributed by atoms with Crippen LogP contribution in [0.15, 0.2) is 48.8 Å². The fraction of sp³-hybridized carbons (Fsp3) is 0.231. The number of carbonyl (C=O) groups is 1. The second-order valence-corrected chi connectivity index (χ2v) is 8.87. The third kappa shape index (κ3) is 4.44. The summed E-state index contributed by atoms with van der Waals surface area (Å²) in [5.74, 6) is -0.850. The van der Waals surface area contributed by atoms with Crippen LogP contribution < -0.4 is 14.4 Å². The summed E-state index contributed by atoms with van der Waals surface area (Å²) in [5, 5.41) is 12.4. The number of ether oxygens (including phenoxy) is 2. The summed E-state index contributed by atoms with van der Waals surface area (Å²) in [5.41, 5.74) is 2.15. The highest BCUT2D eigenvalue weighted by molar-refractivity contribution is 6.36. The molecule has 0 unspecified atom stereocenters. The Bertz CT molecular complexity index is 1560. The first-order valence-electron chi connectivity index (χ1n) is 11.4. The van der Waals surface area contributed by atoms with Crippen LogP contribution in [0.3, 0.4) is 0 Å². The number of hydrogen-bond acceptors (Lipinski definition) is 8. The molecule has 37 heavy (non-hydrogen) atoms. The summed E-state index contributed by atoms with van der Waals surface area (Å²) in [6.45, 7) is 4.47. The van der Waals surface area contributed by atoms with E-state index in [-0.39, 0.29) is 17.6 Å². The Morgan fingerprint density at radius 3 is 2.49 bits per heavy atom. The fourth-order valence-corrected chi connectivity index (χ4v) is 4.82. The zero-order chi connectivity index (χ0) is 26.3. The molecule has 2 aromatic heterocycles. The topological polar surface area (TPSA) is 101 Å². The lowest BCUT2D eigenvalue weighted by molar-refractivity contribution is -0.128. The summed E-state index contributed by atoms with van der Waals surface area (Å²) >= 11 is 6.55. The molecular formula is C26H23ClFN5O4. The molecule has 0 aliphatic carbocycles. The zero-order valence-corrected chi connectivity index (χ0v) is 20.9. The predicted octanol–water partition coefficient (Wildman–Crippen LogP) is 4.35. The molecule has 190 valence electrons. The largest absolute Gasteiger partial charge is 0.508 e. The van der Waals surface area contributed by atoms with Gasteiger partial charge < -0.3 is 24.4 Å². The van der Waals surface area contributed by atoms with Gasteiger partial charge in [0, 0.05) is 47.7 Å². The van der Waals surface area contributed by atoms with E-state index >= 15 is 0 Å². The number of rotatable bonds is 5. The van der Waals surface area contributed by atoms with E-state index in [1.54, 1.807) is 24.3 Å². The lowest BCUT2D eigenvalue weighted by Crippen LogP contribution is -2.49. The number of fused-ring (bicyclic) bond motifs is 2. The maximum atomic E-state index is 13.3. The first kappa shape index (κ1) is 24.5. The SMILES string of the molecule is C=C(F)C(=O)N1CCN(c2nc(OC)nc3cc(-c4cc(O)cc5cccc(Cl)c45)c(OC)nc23)CC1. The van der Waals surface area contributed by atoms with Gasteiger partial charge in [0.05, 0.1) is 19.7 Å². The molecule has 3 heterocycles. The number of amides is 1. The number of phenols is 1. The molecular weight excluding hydrogens is 501 g/mol. The number of methoxy groups -OCH3 is 2. The Kier molecular flexibility index (Phi) is 6.43. The molecule has 1 N–H and O–H groups in total. The molecule has 1 aliphatic rings. The minimum atomic E-state index is -0.985. The van der Waals surface area contributed by atoms with Crippen LogP contribution in [0.5, 0.6) is 17.6 Å². The molecule has 1 saturated heterocycles. The van der Waals surface area contributed by atoms with Crippen molar-refractivity contribution in [2.75, 3.05) is 45.3 Å². The van der Waals surface area contributed by atoms with Gasteiger partial charge in [-0.3, -0.25) is 4.79 Å². The number of hydrogen-bond donors (Lipinski definition) is 1. The number of carbonyl (C=O) groups excluding carboxylic acids is 1. The number of aromatic nitrogens is 3. The standard InChI is InChI=1S/C26H23ClFN5O4/c1-14(28)25(35)33-9-7-32(8-10-33)23-22-20(29-26(31-23)37-3)13-18(24(30-22)36-2)17-12-16(34)11-15-5-4-6-19(27)21(15)17/h4-6,11-13,34H,1,7-10H2,2-3H3. The molecule has 5 rings (SSSR count). The highest BCUT2D eigenvalue weighted by atomic mass is 35.5. The summed E-state index contributed by atoms with van der Waals surface area (Å²) in [6.07, 6.45) is 0. The average molecular weight is 524 g/mol. The molecule has 9 nitrogen and oxygen atoms in total. The number of nitrogens with zero attached hydrogens (tertiary/aromatic N) is 5. The van der Waals surface area contributed by atoms with E-state index in [1.807, 2.05) is 17.0 Å².